The number of amides is 1. The average molecular weight is 285 g/mol. The summed E-state index contributed by atoms with van der Waals surface area (Å²) in [5, 5.41) is 0. The first-order chi connectivity index (χ1) is 8.68. The van der Waals surface area contributed by atoms with Crippen molar-refractivity contribution in [3.05, 3.63) is 23.3 Å². The molecule has 0 fully saturated rings. The van der Waals surface area contributed by atoms with Gasteiger partial charge in [-0.1, -0.05) is 6.07 Å². The highest BCUT2D eigenvalue weighted by Crippen LogP contribution is 2.31. The Labute approximate surface area is 111 Å². The monoisotopic (exact) mass is 285 g/mol. The van der Waals surface area contributed by atoms with Gasteiger partial charge < -0.3 is 16.2 Å². The van der Waals surface area contributed by atoms with Crippen LogP contribution in [0.25, 0.3) is 0 Å². The van der Waals surface area contributed by atoms with Crippen molar-refractivity contribution < 1.29 is 17.9 Å². The molecule has 4 N–H and O–H groups in total. The van der Waals surface area contributed by atoms with E-state index in [0.717, 1.165) is 6.26 Å². The van der Waals surface area contributed by atoms with Crippen LogP contribution < -0.4 is 16.2 Å². The fourth-order valence-electron chi connectivity index (χ4n) is 1.67. The maximum absolute atomic E-state index is 11.8. The molecule has 19 heavy (non-hydrogen) atoms. The number of carbonyl (C=O) groups is 1. The van der Waals surface area contributed by atoms with Crippen molar-refractivity contribution in [1.82, 2.24) is 0 Å². The first-order valence-corrected chi connectivity index (χ1v) is 7.09. The van der Waals surface area contributed by atoms with Gasteiger partial charge in [-0.25, -0.2) is 8.42 Å². The third kappa shape index (κ3) is 3.22. The van der Waals surface area contributed by atoms with Crippen LogP contribution in [-0.2, 0) is 9.84 Å². The van der Waals surface area contributed by atoms with E-state index in [-0.39, 0.29) is 16.2 Å². The highest BCUT2D eigenvalue weighted by Gasteiger charge is 2.23. The van der Waals surface area contributed by atoms with Crippen LogP contribution in [0.5, 0.6) is 5.75 Å². The molecule has 104 valence electrons. The van der Waals surface area contributed by atoms with Gasteiger partial charge in [0.1, 0.15) is 4.90 Å². The SMILES string of the molecule is COc1c(C(=O)N=C(N)N)ccc(C)c1S(C)(=O)=O. The largest absolute Gasteiger partial charge is 0.495 e. The summed E-state index contributed by atoms with van der Waals surface area (Å²) in [4.78, 5) is 15.1. The minimum Gasteiger partial charge on any atom is -0.495 e. The van der Waals surface area contributed by atoms with E-state index >= 15 is 0 Å². The van der Waals surface area contributed by atoms with Gasteiger partial charge in [0.2, 0.25) is 0 Å². The highest BCUT2D eigenvalue weighted by molar-refractivity contribution is 7.90. The van der Waals surface area contributed by atoms with Gasteiger partial charge in [0.25, 0.3) is 5.91 Å². The van der Waals surface area contributed by atoms with Crippen LogP contribution in [0.1, 0.15) is 15.9 Å². The molecule has 0 radical (unpaired) electrons. The molecule has 0 aromatic heterocycles. The average Bonchev–Trinajstić information content (AvgIpc) is 2.25. The summed E-state index contributed by atoms with van der Waals surface area (Å²) in [5.41, 5.74) is 10.7. The fourth-order valence-corrected chi connectivity index (χ4v) is 2.85. The lowest BCUT2D eigenvalue weighted by Gasteiger charge is -2.12. The minimum atomic E-state index is -3.55. The van der Waals surface area contributed by atoms with E-state index in [4.69, 9.17) is 16.2 Å². The number of sulfone groups is 1. The topological polar surface area (TPSA) is 125 Å². The summed E-state index contributed by atoms with van der Waals surface area (Å²) in [7, 11) is -2.28. The quantitative estimate of drug-likeness (QED) is 0.586. The van der Waals surface area contributed by atoms with E-state index in [1.165, 1.54) is 19.2 Å². The lowest BCUT2D eigenvalue weighted by molar-refractivity contribution is 0.0999. The van der Waals surface area contributed by atoms with Crippen molar-refractivity contribution in [2.24, 2.45) is 16.5 Å². The maximum atomic E-state index is 11.8. The Kier molecular flexibility index (Phi) is 4.15. The molecule has 0 spiro atoms. The van der Waals surface area contributed by atoms with Crippen LogP contribution in [0.2, 0.25) is 0 Å². The van der Waals surface area contributed by atoms with E-state index in [0.29, 0.717) is 5.56 Å². The van der Waals surface area contributed by atoms with Gasteiger partial charge in [-0.2, -0.15) is 4.99 Å². The third-order valence-electron chi connectivity index (χ3n) is 2.34. The number of hydrogen-bond donors (Lipinski definition) is 2. The molecule has 0 saturated heterocycles. The fraction of sp³-hybridized carbons (Fsp3) is 0.273. The Bertz CT molecular complexity index is 646. The zero-order valence-electron chi connectivity index (χ0n) is 10.8. The molecule has 1 rings (SSSR count). The number of rotatable bonds is 3. The second-order valence-corrected chi connectivity index (χ2v) is 5.86. The lowest BCUT2D eigenvalue weighted by atomic mass is 10.1. The van der Waals surface area contributed by atoms with Crippen LogP contribution in [0.4, 0.5) is 0 Å². The first kappa shape index (κ1) is 15.0. The molecule has 0 aliphatic heterocycles. The van der Waals surface area contributed by atoms with Crippen molar-refractivity contribution >= 4 is 21.7 Å². The number of aliphatic imine (C=N–C) groups is 1. The van der Waals surface area contributed by atoms with Crippen molar-refractivity contribution in [2.45, 2.75) is 11.8 Å². The van der Waals surface area contributed by atoms with Gasteiger partial charge in [0, 0.05) is 6.26 Å². The molecule has 0 heterocycles. The number of nitrogens with two attached hydrogens (primary N) is 2. The van der Waals surface area contributed by atoms with Crippen LogP contribution >= 0.6 is 0 Å². The van der Waals surface area contributed by atoms with E-state index in [1.807, 2.05) is 0 Å². The smallest absolute Gasteiger partial charge is 0.283 e. The molecule has 0 saturated carbocycles. The second kappa shape index (κ2) is 5.27. The number of hydrogen-bond acceptors (Lipinski definition) is 4. The molecule has 0 bridgehead atoms. The molecule has 1 aromatic rings. The summed E-state index contributed by atoms with van der Waals surface area (Å²) >= 11 is 0. The predicted molar refractivity (Wildman–Crippen MR) is 71.0 cm³/mol. The molecular weight excluding hydrogens is 270 g/mol. The van der Waals surface area contributed by atoms with Crippen molar-refractivity contribution in [3.63, 3.8) is 0 Å². The van der Waals surface area contributed by atoms with Crippen LogP contribution in [0.15, 0.2) is 22.0 Å². The van der Waals surface area contributed by atoms with E-state index in [1.54, 1.807) is 6.92 Å². The number of carbonyl (C=O) groups excluding carboxylic acids is 1. The standard InChI is InChI=1S/C11H15N3O4S/c1-6-4-5-7(10(15)14-11(12)13)8(18-2)9(6)19(3,16)17/h4-5H,1-3H3,(H4,12,13,14,15). The Morgan fingerprint density at radius 1 is 1.32 bits per heavy atom. The van der Waals surface area contributed by atoms with Crippen molar-refractivity contribution in [1.29, 1.82) is 0 Å². The van der Waals surface area contributed by atoms with E-state index < -0.39 is 21.7 Å². The summed E-state index contributed by atoms with van der Waals surface area (Å²) in [6.07, 6.45) is 1.03. The van der Waals surface area contributed by atoms with E-state index in [9.17, 15) is 13.2 Å². The van der Waals surface area contributed by atoms with Gasteiger partial charge in [0.15, 0.2) is 21.5 Å². The minimum absolute atomic E-state index is 0.0121. The first-order valence-electron chi connectivity index (χ1n) is 5.20. The summed E-state index contributed by atoms with van der Waals surface area (Å²) < 4.78 is 28.5. The lowest BCUT2D eigenvalue weighted by Crippen LogP contribution is -2.24. The zero-order chi connectivity index (χ0) is 14.8. The highest BCUT2D eigenvalue weighted by atomic mass is 32.2. The molecule has 0 aliphatic carbocycles. The summed E-state index contributed by atoms with van der Waals surface area (Å²) in [5.74, 6) is -1.23. The molecule has 0 aliphatic rings. The number of aryl methyl sites for hydroxylation is 1. The predicted octanol–water partition coefficient (Wildman–Crippen LogP) is -0.179. The Balaban J connectivity index is 3.62. The number of benzene rings is 1. The van der Waals surface area contributed by atoms with Crippen LogP contribution in [-0.4, -0.2) is 33.7 Å². The molecule has 0 atom stereocenters. The second-order valence-electron chi connectivity index (χ2n) is 3.91. The Hall–Kier alpha value is -2.09. The van der Waals surface area contributed by atoms with Gasteiger partial charge in [-0.15, -0.1) is 0 Å². The van der Waals surface area contributed by atoms with Gasteiger partial charge >= 0.3 is 0 Å². The van der Waals surface area contributed by atoms with Gasteiger partial charge in [-0.3, -0.25) is 4.79 Å². The van der Waals surface area contributed by atoms with Gasteiger partial charge in [0.05, 0.1) is 12.7 Å². The summed E-state index contributed by atoms with van der Waals surface area (Å²) in [6.45, 7) is 1.60. The van der Waals surface area contributed by atoms with Gasteiger partial charge in [-0.05, 0) is 18.6 Å². The Morgan fingerprint density at radius 3 is 2.32 bits per heavy atom. The molecule has 7 nitrogen and oxygen atoms in total. The van der Waals surface area contributed by atoms with Crippen LogP contribution in [0.3, 0.4) is 0 Å². The molecule has 1 amide bonds. The maximum Gasteiger partial charge on any atom is 0.283 e. The molecule has 8 heteroatoms. The molecule has 0 unspecified atom stereocenters. The third-order valence-corrected chi connectivity index (χ3v) is 3.59. The zero-order valence-corrected chi connectivity index (χ0v) is 11.6. The number of ether oxygens (including phenoxy) is 1. The number of methoxy groups -OCH3 is 1. The van der Waals surface area contributed by atoms with Crippen molar-refractivity contribution in [3.8, 4) is 5.75 Å². The van der Waals surface area contributed by atoms with Crippen molar-refractivity contribution in [2.75, 3.05) is 13.4 Å². The summed E-state index contributed by atoms with van der Waals surface area (Å²) in [6, 6.07) is 2.91. The number of guanidine groups is 1. The number of nitrogens with zero attached hydrogens (tertiary/aromatic N) is 1. The van der Waals surface area contributed by atoms with Crippen LogP contribution in [0, 0.1) is 6.92 Å². The molecule has 1 aromatic carbocycles. The molecular formula is C11H15N3O4S. The Morgan fingerprint density at radius 2 is 1.89 bits per heavy atom. The normalized spacial score (nSPS) is 10.9. The van der Waals surface area contributed by atoms with E-state index in [2.05, 4.69) is 4.99 Å².